The number of carboxylic acid groups (broad SMARTS) is 1. The van der Waals surface area contributed by atoms with E-state index in [1.54, 1.807) is 24.3 Å². The standard InChI is InChI=1S/C19H21N5O4/c25-17(13-3-2-8-23(10-13)18(26)12-6-7-12)20-14-4-1-5-15(9-14)24-11-16(19(27)28)21-22-24/h1,4-5,9,11-13H,2-3,6-8,10H2,(H,20,25)(H,27,28). The van der Waals surface area contributed by atoms with Crippen LogP contribution in [0.25, 0.3) is 5.69 Å². The summed E-state index contributed by atoms with van der Waals surface area (Å²) in [7, 11) is 0. The molecular weight excluding hydrogens is 362 g/mol. The average molecular weight is 383 g/mol. The lowest BCUT2D eigenvalue weighted by atomic mass is 9.96. The Bertz CT molecular complexity index is 921. The van der Waals surface area contributed by atoms with Gasteiger partial charge in [0.15, 0.2) is 5.69 Å². The molecule has 2 amide bonds. The van der Waals surface area contributed by atoms with Gasteiger partial charge in [0.1, 0.15) is 0 Å². The first-order chi connectivity index (χ1) is 13.5. The molecule has 1 saturated carbocycles. The van der Waals surface area contributed by atoms with Gasteiger partial charge >= 0.3 is 5.97 Å². The molecule has 2 heterocycles. The molecule has 146 valence electrons. The molecule has 28 heavy (non-hydrogen) atoms. The van der Waals surface area contributed by atoms with Crippen molar-refractivity contribution < 1.29 is 19.5 Å². The fraction of sp³-hybridized carbons (Fsp3) is 0.421. The Labute approximate surface area is 161 Å². The summed E-state index contributed by atoms with van der Waals surface area (Å²) in [5.74, 6) is -1.16. The molecule has 2 aromatic rings. The summed E-state index contributed by atoms with van der Waals surface area (Å²) < 4.78 is 1.34. The molecule has 9 nitrogen and oxygen atoms in total. The molecule has 1 aliphatic carbocycles. The van der Waals surface area contributed by atoms with Crippen molar-refractivity contribution in [2.24, 2.45) is 11.8 Å². The molecule has 0 radical (unpaired) electrons. The van der Waals surface area contributed by atoms with Crippen LogP contribution in [0.4, 0.5) is 5.69 Å². The van der Waals surface area contributed by atoms with Gasteiger partial charge in [0, 0.05) is 24.7 Å². The zero-order valence-corrected chi connectivity index (χ0v) is 15.2. The number of aromatic carboxylic acids is 1. The van der Waals surface area contributed by atoms with Gasteiger partial charge in [-0.1, -0.05) is 11.3 Å². The second-order valence-corrected chi connectivity index (χ2v) is 7.29. The van der Waals surface area contributed by atoms with Crippen LogP contribution in [0.5, 0.6) is 0 Å². The summed E-state index contributed by atoms with van der Waals surface area (Å²) in [6, 6.07) is 6.95. The van der Waals surface area contributed by atoms with E-state index in [-0.39, 0.29) is 29.3 Å². The van der Waals surface area contributed by atoms with Gasteiger partial charge in [0.05, 0.1) is 17.8 Å². The quantitative estimate of drug-likeness (QED) is 0.809. The maximum Gasteiger partial charge on any atom is 0.358 e. The molecule has 0 spiro atoms. The average Bonchev–Trinajstić information content (AvgIpc) is 3.43. The Morgan fingerprint density at radius 3 is 2.68 bits per heavy atom. The van der Waals surface area contributed by atoms with Crippen LogP contribution < -0.4 is 5.32 Å². The fourth-order valence-corrected chi connectivity index (χ4v) is 3.44. The molecule has 1 aromatic carbocycles. The smallest absolute Gasteiger partial charge is 0.358 e. The molecule has 0 bridgehead atoms. The Balaban J connectivity index is 1.42. The number of piperidine rings is 1. The summed E-state index contributed by atoms with van der Waals surface area (Å²) in [6.07, 6.45) is 4.82. The molecule has 2 fully saturated rings. The van der Waals surface area contributed by atoms with Gasteiger partial charge in [-0.15, -0.1) is 5.10 Å². The summed E-state index contributed by atoms with van der Waals surface area (Å²) in [5, 5.41) is 19.2. The number of likely N-dealkylation sites (tertiary alicyclic amines) is 1. The highest BCUT2D eigenvalue weighted by molar-refractivity contribution is 5.93. The number of carbonyl (C=O) groups is 3. The number of hydrogen-bond donors (Lipinski definition) is 2. The van der Waals surface area contributed by atoms with Crippen LogP contribution in [0, 0.1) is 11.8 Å². The van der Waals surface area contributed by atoms with Gasteiger partial charge in [-0.2, -0.15) is 0 Å². The van der Waals surface area contributed by atoms with Crippen molar-refractivity contribution in [2.45, 2.75) is 25.7 Å². The number of amides is 2. The van der Waals surface area contributed by atoms with E-state index in [1.807, 2.05) is 4.90 Å². The second-order valence-electron chi connectivity index (χ2n) is 7.29. The number of hydrogen-bond acceptors (Lipinski definition) is 5. The fourth-order valence-electron chi connectivity index (χ4n) is 3.44. The predicted molar refractivity (Wildman–Crippen MR) is 99.0 cm³/mol. The molecule has 2 aliphatic rings. The van der Waals surface area contributed by atoms with Crippen molar-refractivity contribution in [3.8, 4) is 5.69 Å². The number of carbonyl (C=O) groups excluding carboxylic acids is 2. The summed E-state index contributed by atoms with van der Waals surface area (Å²) in [5.41, 5.74) is 1.02. The van der Waals surface area contributed by atoms with Crippen molar-refractivity contribution in [1.82, 2.24) is 19.9 Å². The maximum absolute atomic E-state index is 12.7. The number of rotatable bonds is 5. The van der Waals surface area contributed by atoms with E-state index in [0.29, 0.717) is 17.9 Å². The predicted octanol–water partition coefficient (Wildman–Crippen LogP) is 1.55. The Kier molecular flexibility index (Phi) is 4.81. The third-order valence-electron chi connectivity index (χ3n) is 5.12. The zero-order valence-electron chi connectivity index (χ0n) is 15.2. The van der Waals surface area contributed by atoms with Gasteiger partial charge in [-0.05, 0) is 43.9 Å². The number of aromatic nitrogens is 3. The molecule has 2 N–H and O–H groups in total. The number of anilines is 1. The van der Waals surface area contributed by atoms with Gasteiger partial charge < -0.3 is 15.3 Å². The number of nitrogens with one attached hydrogen (secondary N) is 1. The monoisotopic (exact) mass is 383 g/mol. The topological polar surface area (TPSA) is 117 Å². The highest BCUT2D eigenvalue weighted by Crippen LogP contribution is 2.32. The minimum Gasteiger partial charge on any atom is -0.476 e. The first-order valence-corrected chi connectivity index (χ1v) is 9.37. The first kappa shape index (κ1) is 18.1. The summed E-state index contributed by atoms with van der Waals surface area (Å²) in [4.78, 5) is 37.8. The van der Waals surface area contributed by atoms with E-state index in [4.69, 9.17) is 5.11 Å². The van der Waals surface area contributed by atoms with Gasteiger partial charge in [0.25, 0.3) is 0 Å². The van der Waals surface area contributed by atoms with Crippen molar-refractivity contribution in [3.05, 3.63) is 36.2 Å². The minimum atomic E-state index is -1.15. The van der Waals surface area contributed by atoms with E-state index in [2.05, 4.69) is 15.6 Å². The Morgan fingerprint density at radius 1 is 1.14 bits per heavy atom. The minimum absolute atomic E-state index is 0.115. The zero-order chi connectivity index (χ0) is 19.7. The van der Waals surface area contributed by atoms with Crippen molar-refractivity contribution in [1.29, 1.82) is 0 Å². The van der Waals surface area contributed by atoms with Gasteiger partial charge in [-0.3, -0.25) is 9.59 Å². The largest absolute Gasteiger partial charge is 0.476 e. The molecular formula is C19H21N5O4. The van der Waals surface area contributed by atoms with Crippen molar-refractivity contribution in [3.63, 3.8) is 0 Å². The Hall–Kier alpha value is -3.23. The normalized spacial score (nSPS) is 19.3. The molecule has 9 heteroatoms. The maximum atomic E-state index is 12.7. The van der Waals surface area contributed by atoms with Crippen LogP contribution in [0.1, 0.15) is 36.2 Å². The van der Waals surface area contributed by atoms with E-state index >= 15 is 0 Å². The number of nitrogens with zero attached hydrogens (tertiary/aromatic N) is 4. The van der Waals surface area contributed by atoms with Crippen LogP contribution in [-0.4, -0.2) is 55.9 Å². The lowest BCUT2D eigenvalue weighted by Gasteiger charge is -2.32. The van der Waals surface area contributed by atoms with Crippen molar-refractivity contribution >= 4 is 23.5 Å². The number of carboxylic acids is 1. The third-order valence-corrected chi connectivity index (χ3v) is 5.12. The molecule has 4 rings (SSSR count). The molecule has 1 aromatic heterocycles. The van der Waals surface area contributed by atoms with Crippen LogP contribution in [0.15, 0.2) is 30.5 Å². The molecule has 1 saturated heterocycles. The van der Waals surface area contributed by atoms with Crippen LogP contribution in [0.3, 0.4) is 0 Å². The van der Waals surface area contributed by atoms with Gasteiger partial charge in [-0.25, -0.2) is 9.48 Å². The van der Waals surface area contributed by atoms with E-state index in [0.717, 1.165) is 32.2 Å². The van der Waals surface area contributed by atoms with Crippen molar-refractivity contribution in [2.75, 3.05) is 18.4 Å². The van der Waals surface area contributed by atoms with Crippen LogP contribution in [0.2, 0.25) is 0 Å². The summed E-state index contributed by atoms with van der Waals surface area (Å²) in [6.45, 7) is 1.19. The molecule has 1 atom stereocenters. The SMILES string of the molecule is O=C(O)c1cn(-c2cccc(NC(=O)C3CCCN(C(=O)C4CC4)C3)c2)nn1. The lowest BCUT2D eigenvalue weighted by Crippen LogP contribution is -2.44. The van der Waals surface area contributed by atoms with E-state index in [9.17, 15) is 14.4 Å². The second kappa shape index (κ2) is 7.41. The van der Waals surface area contributed by atoms with Crippen LogP contribution in [-0.2, 0) is 9.59 Å². The summed E-state index contributed by atoms with van der Waals surface area (Å²) >= 11 is 0. The van der Waals surface area contributed by atoms with Gasteiger partial charge in [0.2, 0.25) is 11.8 Å². The van der Waals surface area contributed by atoms with E-state index in [1.165, 1.54) is 10.9 Å². The third kappa shape index (κ3) is 3.88. The highest BCUT2D eigenvalue weighted by Gasteiger charge is 2.36. The molecule has 1 unspecified atom stereocenters. The van der Waals surface area contributed by atoms with Crippen LogP contribution >= 0.6 is 0 Å². The number of benzene rings is 1. The first-order valence-electron chi connectivity index (χ1n) is 9.37. The molecule has 1 aliphatic heterocycles. The Morgan fingerprint density at radius 2 is 1.96 bits per heavy atom. The highest BCUT2D eigenvalue weighted by atomic mass is 16.4. The van der Waals surface area contributed by atoms with E-state index < -0.39 is 5.97 Å². The lowest BCUT2D eigenvalue weighted by molar-refractivity contribution is -0.135.